The average molecular weight is 311 g/mol. The molecule has 0 bridgehead atoms. The van der Waals surface area contributed by atoms with Crippen LogP contribution < -0.4 is 5.73 Å². The van der Waals surface area contributed by atoms with E-state index in [2.05, 4.69) is 4.90 Å². The SMILES string of the molecule is CC(N)c1cccc(S(=O)(=O)N(C)CCN2CCCC2)c1. The lowest BCUT2D eigenvalue weighted by Gasteiger charge is -2.21. The molecule has 1 aromatic carbocycles. The second-order valence-corrected chi connectivity index (χ2v) is 7.78. The summed E-state index contributed by atoms with van der Waals surface area (Å²) in [4.78, 5) is 2.63. The highest BCUT2D eigenvalue weighted by molar-refractivity contribution is 7.89. The highest BCUT2D eigenvalue weighted by Gasteiger charge is 2.22. The van der Waals surface area contributed by atoms with Crippen molar-refractivity contribution in [3.8, 4) is 0 Å². The Labute approximate surface area is 127 Å². The molecular weight excluding hydrogens is 286 g/mol. The van der Waals surface area contributed by atoms with Crippen molar-refractivity contribution in [2.45, 2.75) is 30.7 Å². The first-order chi connectivity index (χ1) is 9.91. The summed E-state index contributed by atoms with van der Waals surface area (Å²) in [5, 5.41) is 0. The van der Waals surface area contributed by atoms with Crippen LogP contribution >= 0.6 is 0 Å². The monoisotopic (exact) mass is 311 g/mol. The van der Waals surface area contributed by atoms with E-state index < -0.39 is 10.0 Å². The van der Waals surface area contributed by atoms with E-state index in [1.807, 2.05) is 13.0 Å². The van der Waals surface area contributed by atoms with E-state index in [4.69, 9.17) is 5.73 Å². The summed E-state index contributed by atoms with van der Waals surface area (Å²) < 4.78 is 26.6. The third kappa shape index (κ3) is 4.03. The van der Waals surface area contributed by atoms with E-state index in [1.54, 1.807) is 25.2 Å². The number of sulfonamides is 1. The Bertz CT molecular complexity index is 566. The van der Waals surface area contributed by atoms with Crippen molar-refractivity contribution in [3.05, 3.63) is 29.8 Å². The van der Waals surface area contributed by atoms with Crippen LogP contribution in [0.15, 0.2) is 29.2 Å². The number of hydrogen-bond donors (Lipinski definition) is 1. The molecule has 1 fully saturated rings. The van der Waals surface area contributed by atoms with Gasteiger partial charge >= 0.3 is 0 Å². The summed E-state index contributed by atoms with van der Waals surface area (Å²) in [5.41, 5.74) is 6.67. The Kier molecular flexibility index (Phi) is 5.37. The zero-order valence-electron chi connectivity index (χ0n) is 12.8. The molecule has 0 saturated carbocycles. The van der Waals surface area contributed by atoms with Crippen molar-refractivity contribution in [1.29, 1.82) is 0 Å². The molecule has 1 aromatic rings. The highest BCUT2D eigenvalue weighted by Crippen LogP contribution is 2.19. The summed E-state index contributed by atoms with van der Waals surface area (Å²) in [6.45, 7) is 5.32. The third-order valence-electron chi connectivity index (χ3n) is 4.02. The number of benzene rings is 1. The molecule has 0 amide bonds. The lowest BCUT2D eigenvalue weighted by Crippen LogP contribution is -2.35. The smallest absolute Gasteiger partial charge is 0.242 e. The molecule has 1 atom stereocenters. The number of likely N-dealkylation sites (tertiary alicyclic amines) is 1. The first-order valence-electron chi connectivity index (χ1n) is 7.45. The van der Waals surface area contributed by atoms with Crippen molar-refractivity contribution >= 4 is 10.0 Å². The zero-order valence-corrected chi connectivity index (χ0v) is 13.6. The van der Waals surface area contributed by atoms with Gasteiger partial charge in [0.05, 0.1) is 4.90 Å². The molecule has 118 valence electrons. The maximum atomic E-state index is 12.6. The Balaban J connectivity index is 2.07. The molecule has 21 heavy (non-hydrogen) atoms. The number of hydrogen-bond acceptors (Lipinski definition) is 4. The van der Waals surface area contributed by atoms with Gasteiger partial charge in [0, 0.05) is 26.2 Å². The topological polar surface area (TPSA) is 66.6 Å². The van der Waals surface area contributed by atoms with E-state index in [9.17, 15) is 8.42 Å². The van der Waals surface area contributed by atoms with Gasteiger partial charge in [-0.3, -0.25) is 0 Å². The minimum atomic E-state index is -3.44. The Hall–Kier alpha value is -0.950. The molecule has 1 saturated heterocycles. The predicted octanol–water partition coefficient (Wildman–Crippen LogP) is 1.42. The standard InChI is InChI=1S/C15H25N3O2S/c1-13(16)14-6-5-7-15(12-14)21(19,20)17(2)10-11-18-8-3-4-9-18/h5-7,12-13H,3-4,8-11,16H2,1-2H3. The second-order valence-electron chi connectivity index (χ2n) is 5.74. The molecule has 1 heterocycles. The van der Waals surface area contributed by atoms with Gasteiger partial charge in [-0.1, -0.05) is 12.1 Å². The van der Waals surface area contributed by atoms with Gasteiger partial charge in [0.1, 0.15) is 0 Å². The maximum Gasteiger partial charge on any atom is 0.242 e. The zero-order chi connectivity index (χ0) is 15.5. The van der Waals surface area contributed by atoms with Crippen molar-refractivity contribution in [1.82, 2.24) is 9.21 Å². The van der Waals surface area contributed by atoms with Crippen LogP contribution in [-0.2, 0) is 10.0 Å². The van der Waals surface area contributed by atoms with Gasteiger partial charge in [0.2, 0.25) is 10.0 Å². The van der Waals surface area contributed by atoms with E-state index in [0.717, 1.165) is 25.2 Å². The Morgan fingerprint density at radius 1 is 1.33 bits per heavy atom. The molecular formula is C15H25N3O2S. The summed E-state index contributed by atoms with van der Waals surface area (Å²) in [6, 6.07) is 6.74. The highest BCUT2D eigenvalue weighted by atomic mass is 32.2. The van der Waals surface area contributed by atoms with Gasteiger partial charge in [-0.15, -0.1) is 0 Å². The minimum absolute atomic E-state index is 0.171. The van der Waals surface area contributed by atoms with Crippen molar-refractivity contribution in [2.75, 3.05) is 33.2 Å². The number of nitrogens with zero attached hydrogens (tertiary/aromatic N) is 2. The molecule has 6 heteroatoms. The summed E-state index contributed by atoms with van der Waals surface area (Å²) in [5.74, 6) is 0. The van der Waals surface area contributed by atoms with E-state index >= 15 is 0 Å². The molecule has 1 unspecified atom stereocenters. The second kappa shape index (κ2) is 6.87. The Morgan fingerprint density at radius 2 is 2.00 bits per heavy atom. The van der Waals surface area contributed by atoms with Crippen LogP contribution in [0.4, 0.5) is 0 Å². The molecule has 2 N–H and O–H groups in total. The maximum absolute atomic E-state index is 12.6. The minimum Gasteiger partial charge on any atom is -0.324 e. The van der Waals surface area contributed by atoms with Crippen molar-refractivity contribution in [2.24, 2.45) is 5.73 Å². The van der Waals surface area contributed by atoms with Crippen LogP contribution in [-0.4, -0.2) is 50.8 Å². The van der Waals surface area contributed by atoms with Crippen LogP contribution in [0.2, 0.25) is 0 Å². The molecule has 1 aliphatic heterocycles. The molecule has 5 nitrogen and oxygen atoms in total. The quantitative estimate of drug-likeness (QED) is 0.863. The van der Waals surface area contributed by atoms with Crippen LogP contribution in [0.1, 0.15) is 31.4 Å². The average Bonchev–Trinajstić information content (AvgIpc) is 2.98. The van der Waals surface area contributed by atoms with Crippen LogP contribution in [0, 0.1) is 0 Å². The Morgan fingerprint density at radius 3 is 2.62 bits per heavy atom. The number of nitrogens with two attached hydrogens (primary N) is 1. The van der Waals surface area contributed by atoms with Crippen LogP contribution in [0.5, 0.6) is 0 Å². The molecule has 0 radical (unpaired) electrons. The third-order valence-corrected chi connectivity index (χ3v) is 5.87. The van der Waals surface area contributed by atoms with E-state index in [0.29, 0.717) is 11.4 Å². The fourth-order valence-corrected chi connectivity index (χ4v) is 3.76. The van der Waals surface area contributed by atoms with Gasteiger partial charge in [0.15, 0.2) is 0 Å². The number of rotatable bonds is 6. The predicted molar refractivity (Wildman–Crippen MR) is 84.5 cm³/mol. The molecule has 0 spiro atoms. The lowest BCUT2D eigenvalue weighted by molar-refractivity contribution is 0.310. The van der Waals surface area contributed by atoms with E-state index in [-0.39, 0.29) is 6.04 Å². The van der Waals surface area contributed by atoms with Crippen LogP contribution in [0.3, 0.4) is 0 Å². The lowest BCUT2D eigenvalue weighted by atomic mass is 10.1. The first-order valence-corrected chi connectivity index (χ1v) is 8.89. The van der Waals surface area contributed by atoms with Gasteiger partial charge < -0.3 is 10.6 Å². The largest absolute Gasteiger partial charge is 0.324 e. The molecule has 0 aliphatic carbocycles. The van der Waals surface area contributed by atoms with Gasteiger partial charge in [-0.25, -0.2) is 8.42 Å². The fraction of sp³-hybridized carbons (Fsp3) is 0.600. The van der Waals surface area contributed by atoms with Crippen molar-refractivity contribution in [3.63, 3.8) is 0 Å². The summed E-state index contributed by atoms with van der Waals surface area (Å²) >= 11 is 0. The molecule has 0 aromatic heterocycles. The van der Waals surface area contributed by atoms with Gasteiger partial charge in [-0.05, 0) is 50.6 Å². The molecule has 2 rings (SSSR count). The molecule has 1 aliphatic rings. The number of likely N-dealkylation sites (N-methyl/N-ethyl adjacent to an activating group) is 1. The first kappa shape index (κ1) is 16.4. The van der Waals surface area contributed by atoms with Crippen LogP contribution in [0.25, 0.3) is 0 Å². The normalized spacial score (nSPS) is 18.3. The van der Waals surface area contributed by atoms with Crippen molar-refractivity contribution < 1.29 is 8.42 Å². The van der Waals surface area contributed by atoms with Gasteiger partial charge in [0.25, 0.3) is 0 Å². The fourth-order valence-electron chi connectivity index (χ4n) is 2.55. The summed E-state index contributed by atoms with van der Waals surface area (Å²) in [6.07, 6.45) is 2.43. The van der Waals surface area contributed by atoms with Gasteiger partial charge in [-0.2, -0.15) is 4.31 Å². The summed E-state index contributed by atoms with van der Waals surface area (Å²) in [7, 11) is -1.79. The van der Waals surface area contributed by atoms with E-state index in [1.165, 1.54) is 17.1 Å².